The highest BCUT2D eigenvalue weighted by Gasteiger charge is 2.20. The number of benzene rings is 1. The number of unbranched alkanes of at least 4 members (excludes halogenated alkanes) is 3. The predicted molar refractivity (Wildman–Crippen MR) is 81.0 cm³/mol. The number of ether oxygens (including phenoxy) is 1. The van der Waals surface area contributed by atoms with Gasteiger partial charge in [-0.15, -0.1) is 0 Å². The van der Waals surface area contributed by atoms with E-state index in [1.165, 1.54) is 19.3 Å². The van der Waals surface area contributed by atoms with Gasteiger partial charge in [0.05, 0.1) is 12.7 Å². The normalized spacial score (nSPS) is 13.9. The molecule has 1 N–H and O–H groups in total. The van der Waals surface area contributed by atoms with Gasteiger partial charge in [0.2, 0.25) is 0 Å². The van der Waals surface area contributed by atoms with Gasteiger partial charge in [0.1, 0.15) is 5.92 Å². The van der Waals surface area contributed by atoms with E-state index in [2.05, 4.69) is 6.92 Å². The first-order valence-corrected chi connectivity index (χ1v) is 7.54. The molecule has 2 atom stereocenters. The first kappa shape index (κ1) is 16.7. The van der Waals surface area contributed by atoms with Crippen LogP contribution in [0.25, 0.3) is 0 Å². The number of hydrogen-bond acceptors (Lipinski definition) is 2. The molecule has 112 valence electrons. The van der Waals surface area contributed by atoms with Gasteiger partial charge in [-0.3, -0.25) is 4.79 Å². The van der Waals surface area contributed by atoms with Crippen LogP contribution in [0.3, 0.4) is 0 Å². The van der Waals surface area contributed by atoms with Crippen molar-refractivity contribution >= 4 is 5.97 Å². The molecule has 20 heavy (non-hydrogen) atoms. The van der Waals surface area contributed by atoms with Crippen LogP contribution in [-0.4, -0.2) is 23.8 Å². The molecule has 0 aliphatic carbocycles. The van der Waals surface area contributed by atoms with Crippen LogP contribution in [0.5, 0.6) is 0 Å². The van der Waals surface area contributed by atoms with Crippen molar-refractivity contribution in [1.29, 1.82) is 0 Å². The van der Waals surface area contributed by atoms with E-state index in [9.17, 15) is 9.90 Å². The van der Waals surface area contributed by atoms with Gasteiger partial charge in [-0.05, 0) is 18.9 Å². The summed E-state index contributed by atoms with van der Waals surface area (Å²) in [6.45, 7) is 4.46. The van der Waals surface area contributed by atoms with Crippen LogP contribution in [0.2, 0.25) is 0 Å². The van der Waals surface area contributed by atoms with Crippen LogP contribution in [0.1, 0.15) is 57.4 Å². The lowest BCUT2D eigenvalue weighted by molar-refractivity contribution is -0.140. The number of carboxylic acid groups (broad SMARTS) is 1. The average Bonchev–Trinajstić information content (AvgIpc) is 2.44. The molecule has 0 heterocycles. The van der Waals surface area contributed by atoms with E-state index in [0.717, 1.165) is 18.4 Å². The number of aliphatic carboxylic acids is 1. The highest BCUT2D eigenvalue weighted by molar-refractivity contribution is 5.76. The van der Waals surface area contributed by atoms with Crippen LogP contribution in [0.4, 0.5) is 0 Å². The Bertz CT molecular complexity index is 375. The van der Waals surface area contributed by atoms with Gasteiger partial charge in [0.25, 0.3) is 0 Å². The van der Waals surface area contributed by atoms with Crippen molar-refractivity contribution in [2.75, 3.05) is 6.61 Å². The second kappa shape index (κ2) is 9.54. The summed E-state index contributed by atoms with van der Waals surface area (Å²) in [4.78, 5) is 11.3. The van der Waals surface area contributed by atoms with Crippen LogP contribution < -0.4 is 0 Å². The summed E-state index contributed by atoms with van der Waals surface area (Å²) in [6, 6.07) is 9.29. The monoisotopic (exact) mass is 278 g/mol. The molecule has 0 aliphatic rings. The minimum atomic E-state index is -0.825. The van der Waals surface area contributed by atoms with Crippen molar-refractivity contribution in [3.8, 4) is 0 Å². The summed E-state index contributed by atoms with van der Waals surface area (Å²) in [5.41, 5.74) is 0.804. The Morgan fingerprint density at radius 1 is 1.20 bits per heavy atom. The van der Waals surface area contributed by atoms with E-state index in [-0.39, 0.29) is 12.7 Å². The van der Waals surface area contributed by atoms with Crippen molar-refractivity contribution in [3.05, 3.63) is 35.9 Å². The second-order valence-corrected chi connectivity index (χ2v) is 5.29. The Labute approximate surface area is 122 Å². The van der Waals surface area contributed by atoms with E-state index >= 15 is 0 Å². The first-order valence-electron chi connectivity index (χ1n) is 7.54. The molecule has 3 heteroatoms. The number of carboxylic acids is 1. The molecular formula is C17H26O3. The lowest BCUT2D eigenvalue weighted by Gasteiger charge is -2.17. The maximum atomic E-state index is 11.3. The van der Waals surface area contributed by atoms with E-state index in [4.69, 9.17) is 4.74 Å². The third-order valence-electron chi connectivity index (χ3n) is 3.51. The molecule has 0 aliphatic heterocycles. The summed E-state index contributed by atoms with van der Waals surface area (Å²) >= 11 is 0. The van der Waals surface area contributed by atoms with E-state index in [1.807, 2.05) is 37.3 Å². The highest BCUT2D eigenvalue weighted by atomic mass is 16.5. The molecule has 0 spiro atoms. The zero-order valence-electron chi connectivity index (χ0n) is 12.5. The summed E-state index contributed by atoms with van der Waals surface area (Å²) in [5, 5.41) is 9.31. The van der Waals surface area contributed by atoms with Gasteiger partial charge in [-0.1, -0.05) is 62.9 Å². The number of carbonyl (C=O) groups is 1. The fourth-order valence-corrected chi connectivity index (χ4v) is 2.20. The quantitative estimate of drug-likeness (QED) is 0.651. The Morgan fingerprint density at radius 3 is 2.50 bits per heavy atom. The topological polar surface area (TPSA) is 46.5 Å². The van der Waals surface area contributed by atoms with Crippen molar-refractivity contribution in [1.82, 2.24) is 0 Å². The molecule has 1 rings (SSSR count). The molecule has 0 bridgehead atoms. The van der Waals surface area contributed by atoms with Crippen molar-refractivity contribution < 1.29 is 14.6 Å². The van der Waals surface area contributed by atoms with Gasteiger partial charge >= 0.3 is 5.97 Å². The Hall–Kier alpha value is -1.35. The Balaban J connectivity index is 2.38. The lowest BCUT2D eigenvalue weighted by atomic mass is 10.0. The maximum Gasteiger partial charge on any atom is 0.313 e. The minimum absolute atomic E-state index is 0.123. The predicted octanol–water partition coefficient (Wildman–Crippen LogP) is 4.23. The lowest BCUT2D eigenvalue weighted by Crippen LogP contribution is -2.21. The summed E-state index contributed by atoms with van der Waals surface area (Å²) < 4.78 is 5.72. The summed E-state index contributed by atoms with van der Waals surface area (Å²) in [5.74, 6) is -1.40. The molecule has 2 unspecified atom stereocenters. The third kappa shape index (κ3) is 6.20. The second-order valence-electron chi connectivity index (χ2n) is 5.29. The Kier molecular flexibility index (Phi) is 7.97. The van der Waals surface area contributed by atoms with Gasteiger partial charge < -0.3 is 9.84 Å². The van der Waals surface area contributed by atoms with Gasteiger partial charge in [0, 0.05) is 0 Å². The molecular weight excluding hydrogens is 252 g/mol. The van der Waals surface area contributed by atoms with Crippen molar-refractivity contribution in [3.63, 3.8) is 0 Å². The molecule has 3 nitrogen and oxygen atoms in total. The molecule has 0 radical (unpaired) electrons. The van der Waals surface area contributed by atoms with E-state index in [1.54, 1.807) is 0 Å². The average molecular weight is 278 g/mol. The van der Waals surface area contributed by atoms with Crippen molar-refractivity contribution in [2.45, 2.75) is 58.0 Å². The Morgan fingerprint density at radius 2 is 1.90 bits per heavy atom. The molecule has 0 fully saturated rings. The SMILES string of the molecule is CCCCCCC(C)OCC(C(=O)O)c1ccccc1. The molecule has 0 saturated heterocycles. The summed E-state index contributed by atoms with van der Waals surface area (Å²) in [7, 11) is 0. The van der Waals surface area contributed by atoms with Crippen LogP contribution >= 0.6 is 0 Å². The smallest absolute Gasteiger partial charge is 0.313 e. The fraction of sp³-hybridized carbons (Fsp3) is 0.588. The minimum Gasteiger partial charge on any atom is -0.481 e. The molecule has 1 aromatic rings. The van der Waals surface area contributed by atoms with Crippen LogP contribution in [0.15, 0.2) is 30.3 Å². The molecule has 1 aromatic carbocycles. The number of hydrogen-bond donors (Lipinski definition) is 1. The largest absolute Gasteiger partial charge is 0.481 e. The van der Waals surface area contributed by atoms with E-state index in [0.29, 0.717) is 0 Å². The van der Waals surface area contributed by atoms with Gasteiger partial charge in [-0.25, -0.2) is 0 Å². The zero-order chi connectivity index (χ0) is 14.8. The zero-order valence-corrected chi connectivity index (χ0v) is 12.5. The van der Waals surface area contributed by atoms with E-state index < -0.39 is 11.9 Å². The van der Waals surface area contributed by atoms with Crippen LogP contribution in [0, 0.1) is 0 Å². The van der Waals surface area contributed by atoms with Gasteiger partial charge in [0.15, 0.2) is 0 Å². The highest BCUT2D eigenvalue weighted by Crippen LogP contribution is 2.18. The molecule has 0 saturated carbocycles. The molecule has 0 aromatic heterocycles. The third-order valence-corrected chi connectivity index (χ3v) is 3.51. The summed E-state index contributed by atoms with van der Waals surface area (Å²) in [6.07, 6.45) is 5.99. The van der Waals surface area contributed by atoms with Crippen LogP contribution in [-0.2, 0) is 9.53 Å². The molecule has 0 amide bonds. The van der Waals surface area contributed by atoms with Gasteiger partial charge in [-0.2, -0.15) is 0 Å². The standard InChI is InChI=1S/C17H26O3/c1-3-4-5-7-10-14(2)20-13-16(17(18)19)15-11-8-6-9-12-15/h6,8-9,11-12,14,16H,3-5,7,10,13H2,1-2H3,(H,18,19). The first-order chi connectivity index (χ1) is 9.65. The fourth-order valence-electron chi connectivity index (χ4n) is 2.20. The van der Waals surface area contributed by atoms with Crippen molar-refractivity contribution in [2.24, 2.45) is 0 Å². The maximum absolute atomic E-state index is 11.3. The number of rotatable bonds is 10.